The number of rotatable bonds is 3. The van der Waals surface area contributed by atoms with Gasteiger partial charge in [-0.05, 0) is 51.3 Å². The number of nitrogens with one attached hydrogen (secondary N) is 1. The second kappa shape index (κ2) is 6.61. The van der Waals surface area contributed by atoms with Crippen molar-refractivity contribution >= 4 is 23.2 Å². The molecule has 1 saturated heterocycles. The molecule has 112 valence electrons. The van der Waals surface area contributed by atoms with Crippen LogP contribution in [0.4, 0.5) is 4.39 Å². The quantitative estimate of drug-likeness (QED) is 0.792. The number of hydrogen-bond acceptors (Lipinski definition) is 2. The van der Waals surface area contributed by atoms with Crippen LogP contribution in [0.1, 0.15) is 51.6 Å². The summed E-state index contributed by atoms with van der Waals surface area (Å²) in [5.41, 5.74) is 4.20. The van der Waals surface area contributed by atoms with Crippen LogP contribution in [0.15, 0.2) is 12.1 Å². The Morgan fingerprint density at radius 1 is 1.20 bits per heavy atom. The van der Waals surface area contributed by atoms with Crippen LogP contribution in [-0.2, 0) is 0 Å². The largest absolute Gasteiger partial charge is 0.247 e. The first kappa shape index (κ1) is 16.0. The van der Waals surface area contributed by atoms with Crippen molar-refractivity contribution in [2.45, 2.75) is 58.2 Å². The van der Waals surface area contributed by atoms with E-state index in [0.717, 1.165) is 5.56 Å². The fraction of sp³-hybridized carbons (Fsp3) is 0.600. The van der Waals surface area contributed by atoms with Crippen LogP contribution in [-0.4, -0.2) is 17.1 Å². The molecule has 0 amide bonds. The van der Waals surface area contributed by atoms with Gasteiger partial charge in [-0.2, -0.15) is 0 Å². The fourth-order valence-electron chi connectivity index (χ4n) is 2.84. The molecule has 0 saturated carbocycles. The summed E-state index contributed by atoms with van der Waals surface area (Å²) >= 11 is 11.9. The van der Waals surface area contributed by atoms with E-state index in [2.05, 4.69) is 24.3 Å². The zero-order chi connectivity index (χ0) is 14.9. The maximum absolute atomic E-state index is 13.6. The highest BCUT2D eigenvalue weighted by Crippen LogP contribution is 2.30. The van der Waals surface area contributed by atoms with E-state index in [4.69, 9.17) is 23.2 Å². The molecule has 1 fully saturated rings. The van der Waals surface area contributed by atoms with Crippen LogP contribution < -0.4 is 5.43 Å². The molecule has 0 radical (unpaired) electrons. The highest BCUT2D eigenvalue weighted by Gasteiger charge is 2.26. The molecule has 0 aromatic heterocycles. The predicted octanol–water partition coefficient (Wildman–Crippen LogP) is 4.96. The first-order valence-corrected chi connectivity index (χ1v) is 7.84. The second-order valence-electron chi connectivity index (χ2n) is 5.67. The lowest BCUT2D eigenvalue weighted by molar-refractivity contribution is 0.0320. The Kier molecular flexibility index (Phi) is 5.30. The molecule has 0 aliphatic carbocycles. The van der Waals surface area contributed by atoms with Gasteiger partial charge in [0.05, 0.1) is 5.02 Å². The Labute approximate surface area is 130 Å². The number of hydrogen-bond donors (Lipinski definition) is 1. The number of benzene rings is 1. The van der Waals surface area contributed by atoms with Crippen LogP contribution >= 0.6 is 23.2 Å². The molecule has 3 atom stereocenters. The van der Waals surface area contributed by atoms with Crippen molar-refractivity contribution in [2.24, 2.45) is 0 Å². The third-order valence-corrected chi connectivity index (χ3v) is 4.66. The lowest BCUT2D eigenvalue weighted by Gasteiger charge is -2.41. The minimum Gasteiger partial charge on any atom is -0.247 e. The van der Waals surface area contributed by atoms with E-state index >= 15 is 0 Å². The molecule has 1 aromatic carbocycles. The molecule has 3 unspecified atom stereocenters. The van der Waals surface area contributed by atoms with Crippen LogP contribution in [0.25, 0.3) is 0 Å². The van der Waals surface area contributed by atoms with Gasteiger partial charge in [-0.1, -0.05) is 29.6 Å². The Morgan fingerprint density at radius 3 is 2.40 bits per heavy atom. The van der Waals surface area contributed by atoms with Gasteiger partial charge >= 0.3 is 0 Å². The first-order valence-electron chi connectivity index (χ1n) is 7.09. The molecular weight excluding hydrogens is 298 g/mol. The van der Waals surface area contributed by atoms with Crippen molar-refractivity contribution < 1.29 is 4.39 Å². The summed E-state index contributed by atoms with van der Waals surface area (Å²) in [5.74, 6) is -0.431. The smallest absolute Gasteiger partial charge is 0.142 e. The third kappa shape index (κ3) is 3.45. The number of piperidine rings is 1. The average molecular weight is 319 g/mol. The minimum absolute atomic E-state index is 0.0581. The molecule has 1 heterocycles. The van der Waals surface area contributed by atoms with Gasteiger partial charge in [0.2, 0.25) is 0 Å². The zero-order valence-electron chi connectivity index (χ0n) is 12.1. The van der Waals surface area contributed by atoms with Gasteiger partial charge in [0.25, 0.3) is 0 Å². The van der Waals surface area contributed by atoms with Crippen molar-refractivity contribution in [3.05, 3.63) is 33.6 Å². The maximum Gasteiger partial charge on any atom is 0.142 e. The van der Waals surface area contributed by atoms with Crippen molar-refractivity contribution in [1.29, 1.82) is 0 Å². The van der Waals surface area contributed by atoms with Gasteiger partial charge in [-0.3, -0.25) is 0 Å². The summed E-state index contributed by atoms with van der Waals surface area (Å²) in [7, 11) is 0. The fourth-order valence-corrected chi connectivity index (χ4v) is 3.39. The van der Waals surface area contributed by atoms with Gasteiger partial charge in [0, 0.05) is 23.1 Å². The van der Waals surface area contributed by atoms with E-state index in [1.807, 2.05) is 6.92 Å². The second-order valence-corrected chi connectivity index (χ2v) is 6.49. The summed E-state index contributed by atoms with van der Waals surface area (Å²) < 4.78 is 13.6. The number of hydrazine groups is 1. The minimum atomic E-state index is -0.431. The molecule has 0 spiro atoms. The highest BCUT2D eigenvalue weighted by molar-refractivity contribution is 6.35. The van der Waals surface area contributed by atoms with Gasteiger partial charge in [0.1, 0.15) is 5.82 Å². The Balaban J connectivity index is 2.15. The monoisotopic (exact) mass is 318 g/mol. The van der Waals surface area contributed by atoms with Crippen molar-refractivity contribution in [2.75, 3.05) is 0 Å². The van der Waals surface area contributed by atoms with E-state index in [-0.39, 0.29) is 11.1 Å². The average Bonchev–Trinajstić information content (AvgIpc) is 2.38. The number of halogens is 3. The van der Waals surface area contributed by atoms with E-state index in [0.29, 0.717) is 17.1 Å². The molecule has 1 aliphatic rings. The normalized spacial score (nSPS) is 25.7. The van der Waals surface area contributed by atoms with E-state index in [9.17, 15) is 4.39 Å². The summed E-state index contributed by atoms with van der Waals surface area (Å²) in [6.45, 7) is 6.40. The van der Waals surface area contributed by atoms with Gasteiger partial charge in [-0.15, -0.1) is 0 Å². The van der Waals surface area contributed by atoms with Crippen LogP contribution in [0.2, 0.25) is 10.0 Å². The Hall–Kier alpha value is -0.350. The lowest BCUT2D eigenvalue weighted by atomic mass is 9.99. The van der Waals surface area contributed by atoms with Crippen molar-refractivity contribution in [1.82, 2.24) is 10.4 Å². The Morgan fingerprint density at radius 2 is 1.80 bits per heavy atom. The van der Waals surface area contributed by atoms with Crippen LogP contribution in [0.5, 0.6) is 0 Å². The topological polar surface area (TPSA) is 15.3 Å². The summed E-state index contributed by atoms with van der Waals surface area (Å²) in [4.78, 5) is 0. The summed E-state index contributed by atoms with van der Waals surface area (Å²) in [5, 5.41) is 2.82. The van der Waals surface area contributed by atoms with Crippen molar-refractivity contribution in [3.8, 4) is 0 Å². The predicted molar refractivity (Wildman–Crippen MR) is 82.6 cm³/mol. The molecule has 2 rings (SSSR count). The molecular formula is C15H21Cl2FN2. The third-order valence-electron chi connectivity index (χ3n) is 4.04. The molecule has 20 heavy (non-hydrogen) atoms. The van der Waals surface area contributed by atoms with E-state index in [1.54, 1.807) is 0 Å². The van der Waals surface area contributed by atoms with Gasteiger partial charge in [0.15, 0.2) is 0 Å². The van der Waals surface area contributed by atoms with E-state index in [1.165, 1.54) is 31.4 Å². The number of nitrogens with zero attached hydrogens (tertiary/aromatic N) is 1. The van der Waals surface area contributed by atoms with Crippen molar-refractivity contribution in [3.63, 3.8) is 0 Å². The molecule has 5 heteroatoms. The SMILES string of the molecule is CC(NN1C(C)CCCC1C)c1cc(F)c(Cl)cc1Cl. The molecule has 0 bridgehead atoms. The van der Waals surface area contributed by atoms with Crippen LogP contribution in [0.3, 0.4) is 0 Å². The standard InChI is InChI=1S/C15H21Cl2FN2/c1-9-5-4-6-10(2)20(9)19-11(3)12-7-15(18)14(17)8-13(12)16/h7-11,19H,4-6H2,1-3H3. The van der Waals surface area contributed by atoms with Gasteiger partial charge < -0.3 is 0 Å². The molecule has 2 nitrogen and oxygen atoms in total. The Bertz CT molecular complexity index is 471. The summed E-state index contributed by atoms with van der Waals surface area (Å²) in [6, 6.07) is 3.77. The van der Waals surface area contributed by atoms with Gasteiger partial charge in [-0.25, -0.2) is 14.8 Å². The summed E-state index contributed by atoms with van der Waals surface area (Å²) in [6.07, 6.45) is 3.60. The maximum atomic E-state index is 13.6. The van der Waals surface area contributed by atoms with Crippen LogP contribution in [0, 0.1) is 5.82 Å². The zero-order valence-corrected chi connectivity index (χ0v) is 13.6. The molecule has 1 aromatic rings. The van der Waals surface area contributed by atoms with E-state index < -0.39 is 5.82 Å². The highest BCUT2D eigenvalue weighted by atomic mass is 35.5. The molecule has 1 aliphatic heterocycles. The molecule has 1 N–H and O–H groups in total. The lowest BCUT2D eigenvalue weighted by Crippen LogP contribution is -2.52. The first-order chi connectivity index (χ1) is 9.40.